The molecule has 27 heavy (non-hydrogen) atoms. The molecule has 5 N–H and O–H groups in total. The first kappa shape index (κ1) is 19.4. The maximum absolute atomic E-state index is 13.6. The number of benzene rings is 2. The zero-order chi connectivity index (χ0) is 20.1. The van der Waals surface area contributed by atoms with E-state index in [1.807, 2.05) is 0 Å². The van der Waals surface area contributed by atoms with E-state index in [-0.39, 0.29) is 17.2 Å². The van der Waals surface area contributed by atoms with Gasteiger partial charge >= 0.3 is 0 Å². The molecule has 0 saturated carbocycles. The second-order valence-electron chi connectivity index (χ2n) is 5.22. The number of primary amides is 1. The van der Waals surface area contributed by atoms with Crippen molar-refractivity contribution in [1.29, 1.82) is 0 Å². The molecular weight excluding hydrogens is 363 g/mol. The van der Waals surface area contributed by atoms with Crippen LogP contribution in [0, 0.1) is 15.9 Å². The maximum atomic E-state index is 13.6. The molecule has 2 aromatic carbocycles. The normalized spacial score (nSPS) is 10.1. The highest BCUT2D eigenvalue weighted by Crippen LogP contribution is 2.31. The van der Waals surface area contributed by atoms with Gasteiger partial charge in [0.2, 0.25) is 0 Å². The number of hydrogen-bond donors (Lipinski definition) is 3. The number of rotatable bonds is 7. The molecule has 0 saturated heterocycles. The minimum atomic E-state index is -0.985. The number of carbonyl (C=O) groups is 2. The van der Waals surface area contributed by atoms with Crippen LogP contribution in [0.1, 0.15) is 10.4 Å². The summed E-state index contributed by atoms with van der Waals surface area (Å²) in [5, 5.41) is 13.3. The highest BCUT2D eigenvalue weighted by Gasteiger charge is 2.22. The quantitative estimate of drug-likeness (QED) is 0.373. The van der Waals surface area contributed by atoms with Crippen molar-refractivity contribution < 1.29 is 28.4 Å². The lowest BCUT2D eigenvalue weighted by atomic mass is 10.1. The first-order chi connectivity index (χ1) is 12.7. The minimum Gasteiger partial charge on any atom is -0.493 e. The smallest absolute Gasteiger partial charge is 0.295 e. The third-order valence-corrected chi connectivity index (χ3v) is 3.36. The number of nitro benzene ring substituents is 1. The number of ether oxygens (including phenoxy) is 2. The summed E-state index contributed by atoms with van der Waals surface area (Å²) in [5.74, 6) is -2.18. The van der Waals surface area contributed by atoms with Crippen LogP contribution in [0.5, 0.6) is 11.5 Å². The van der Waals surface area contributed by atoms with Crippen LogP contribution in [0.4, 0.5) is 21.5 Å². The third kappa shape index (κ3) is 4.60. The van der Waals surface area contributed by atoms with E-state index >= 15 is 0 Å². The molecule has 0 bridgehead atoms. The molecule has 0 aliphatic rings. The predicted octanol–water partition coefficient (Wildman–Crippen LogP) is 1.44. The van der Waals surface area contributed by atoms with Gasteiger partial charge in [0, 0.05) is 11.8 Å². The van der Waals surface area contributed by atoms with E-state index in [1.54, 1.807) is 0 Å². The van der Waals surface area contributed by atoms with Gasteiger partial charge in [0.05, 0.1) is 23.7 Å². The van der Waals surface area contributed by atoms with E-state index in [4.69, 9.17) is 20.9 Å². The Labute approximate surface area is 152 Å². The molecule has 0 aromatic heterocycles. The van der Waals surface area contributed by atoms with Gasteiger partial charge in [-0.2, -0.15) is 0 Å². The Morgan fingerprint density at radius 3 is 2.56 bits per heavy atom. The van der Waals surface area contributed by atoms with Gasteiger partial charge in [0.25, 0.3) is 17.5 Å². The van der Waals surface area contributed by atoms with Crippen LogP contribution in [-0.2, 0) is 4.79 Å². The van der Waals surface area contributed by atoms with Gasteiger partial charge < -0.3 is 26.3 Å². The summed E-state index contributed by atoms with van der Waals surface area (Å²) in [6, 6.07) is 5.63. The molecule has 2 rings (SSSR count). The lowest BCUT2D eigenvalue weighted by Gasteiger charge is -2.13. The average molecular weight is 378 g/mol. The Morgan fingerprint density at radius 1 is 1.26 bits per heavy atom. The largest absolute Gasteiger partial charge is 0.493 e. The second kappa shape index (κ2) is 7.99. The molecule has 0 spiro atoms. The molecule has 0 heterocycles. The number of hydrogen-bond acceptors (Lipinski definition) is 7. The van der Waals surface area contributed by atoms with Crippen LogP contribution in [0.15, 0.2) is 30.3 Å². The van der Waals surface area contributed by atoms with Crippen molar-refractivity contribution in [3.63, 3.8) is 0 Å². The van der Waals surface area contributed by atoms with Gasteiger partial charge in [0.15, 0.2) is 18.1 Å². The summed E-state index contributed by atoms with van der Waals surface area (Å²) in [7, 11) is 1.37. The molecule has 0 radical (unpaired) electrons. The van der Waals surface area contributed by atoms with E-state index < -0.39 is 46.1 Å². The Morgan fingerprint density at radius 2 is 1.96 bits per heavy atom. The molecule has 2 aromatic rings. The number of carbonyl (C=O) groups excluding carboxylic acids is 2. The third-order valence-electron chi connectivity index (χ3n) is 3.36. The SMILES string of the molecule is COc1ccc(NC(=O)c2cc(F)cc([N+](=O)[O-])c2N)cc1OCC(N)=O. The molecule has 0 fully saturated rings. The second-order valence-corrected chi connectivity index (χ2v) is 5.22. The molecule has 0 aliphatic carbocycles. The standard InChI is InChI=1S/C16H15FN4O6/c1-26-12-3-2-9(6-13(12)27-7-14(18)22)20-16(23)10-4-8(17)5-11(15(10)19)21(24)25/h2-6H,7,19H2,1H3,(H2,18,22)(H,20,23). The minimum absolute atomic E-state index is 0.118. The van der Waals surface area contributed by atoms with Crippen molar-refractivity contribution in [3.8, 4) is 11.5 Å². The van der Waals surface area contributed by atoms with E-state index in [1.165, 1.54) is 25.3 Å². The number of nitrogens with one attached hydrogen (secondary N) is 1. The van der Waals surface area contributed by atoms with E-state index in [2.05, 4.69) is 5.32 Å². The number of nitrogens with zero attached hydrogens (tertiary/aromatic N) is 1. The van der Waals surface area contributed by atoms with Crippen LogP contribution < -0.4 is 26.3 Å². The summed E-state index contributed by atoms with van der Waals surface area (Å²) in [5.41, 5.74) is 9.20. The maximum Gasteiger partial charge on any atom is 0.295 e. The number of nitro groups is 1. The number of nitrogen functional groups attached to an aromatic ring is 1. The van der Waals surface area contributed by atoms with Crippen LogP contribution in [0.2, 0.25) is 0 Å². The lowest BCUT2D eigenvalue weighted by Crippen LogP contribution is -2.20. The fourth-order valence-electron chi connectivity index (χ4n) is 2.16. The Kier molecular flexibility index (Phi) is 5.75. The summed E-state index contributed by atoms with van der Waals surface area (Å²) >= 11 is 0. The summed E-state index contributed by atoms with van der Waals surface area (Å²) < 4.78 is 23.8. The molecule has 0 unspecified atom stereocenters. The fourth-order valence-corrected chi connectivity index (χ4v) is 2.16. The molecule has 10 nitrogen and oxygen atoms in total. The highest BCUT2D eigenvalue weighted by atomic mass is 19.1. The summed E-state index contributed by atoms with van der Waals surface area (Å²) in [6.07, 6.45) is 0. The predicted molar refractivity (Wildman–Crippen MR) is 93.1 cm³/mol. The number of anilines is 2. The van der Waals surface area contributed by atoms with E-state index in [9.17, 15) is 24.1 Å². The molecule has 0 atom stereocenters. The number of halogens is 1. The Hall–Kier alpha value is -3.89. The number of methoxy groups -OCH3 is 1. The Balaban J connectivity index is 2.32. The van der Waals surface area contributed by atoms with Crippen LogP contribution in [-0.4, -0.2) is 30.5 Å². The fraction of sp³-hybridized carbons (Fsp3) is 0.125. The van der Waals surface area contributed by atoms with Crippen molar-refractivity contribution in [2.75, 3.05) is 24.8 Å². The summed E-state index contributed by atoms with van der Waals surface area (Å²) in [6.45, 7) is -0.420. The van der Waals surface area contributed by atoms with Gasteiger partial charge in [-0.3, -0.25) is 19.7 Å². The van der Waals surface area contributed by atoms with Gasteiger partial charge in [-0.1, -0.05) is 0 Å². The zero-order valence-corrected chi connectivity index (χ0v) is 14.0. The van der Waals surface area contributed by atoms with E-state index in [0.717, 1.165) is 6.07 Å². The van der Waals surface area contributed by atoms with Crippen LogP contribution >= 0.6 is 0 Å². The summed E-state index contributed by atoms with van der Waals surface area (Å²) in [4.78, 5) is 33.2. The topological polar surface area (TPSA) is 160 Å². The van der Waals surface area contributed by atoms with Gasteiger partial charge in [-0.25, -0.2) is 4.39 Å². The van der Waals surface area contributed by atoms with E-state index in [0.29, 0.717) is 6.07 Å². The lowest BCUT2D eigenvalue weighted by molar-refractivity contribution is -0.384. The molecule has 2 amide bonds. The van der Waals surface area contributed by atoms with Crippen molar-refractivity contribution in [1.82, 2.24) is 0 Å². The first-order valence-corrected chi connectivity index (χ1v) is 7.36. The molecular formula is C16H15FN4O6. The van der Waals surface area contributed by atoms with Crippen molar-refractivity contribution >= 4 is 28.9 Å². The number of nitrogens with two attached hydrogens (primary N) is 2. The van der Waals surface area contributed by atoms with Crippen molar-refractivity contribution in [3.05, 3.63) is 51.8 Å². The van der Waals surface area contributed by atoms with Crippen LogP contribution in [0.3, 0.4) is 0 Å². The van der Waals surface area contributed by atoms with Crippen molar-refractivity contribution in [2.24, 2.45) is 5.73 Å². The molecule has 142 valence electrons. The molecule has 0 aliphatic heterocycles. The average Bonchev–Trinajstić information content (AvgIpc) is 2.61. The highest BCUT2D eigenvalue weighted by molar-refractivity contribution is 6.09. The Bertz CT molecular complexity index is 918. The molecule has 11 heteroatoms. The zero-order valence-electron chi connectivity index (χ0n) is 14.0. The number of amides is 2. The monoisotopic (exact) mass is 378 g/mol. The van der Waals surface area contributed by atoms with Gasteiger partial charge in [0.1, 0.15) is 11.5 Å². The van der Waals surface area contributed by atoms with Gasteiger partial charge in [-0.15, -0.1) is 0 Å². The van der Waals surface area contributed by atoms with Gasteiger partial charge in [-0.05, 0) is 18.2 Å². The van der Waals surface area contributed by atoms with Crippen molar-refractivity contribution in [2.45, 2.75) is 0 Å². The first-order valence-electron chi connectivity index (χ1n) is 7.36. The van der Waals surface area contributed by atoms with Crippen LogP contribution in [0.25, 0.3) is 0 Å².